The molecule has 1 amide bonds. The molecule has 0 radical (unpaired) electrons. The first-order valence-corrected chi connectivity index (χ1v) is 18.3. The molecule has 3 aromatic rings. The number of fused-ring (bicyclic) bond motifs is 2. The van der Waals surface area contributed by atoms with E-state index in [1.54, 1.807) is 31.5 Å². The van der Waals surface area contributed by atoms with Gasteiger partial charge in [-0.05, 0) is 85.9 Å². The maximum atomic E-state index is 14.3. The second-order valence-electron chi connectivity index (χ2n) is 15.6. The quantitative estimate of drug-likeness (QED) is 0.116. The minimum Gasteiger partial charge on any atom is -0.443 e. The van der Waals surface area contributed by atoms with Gasteiger partial charge in [0.2, 0.25) is 0 Å². The molecule has 3 heterocycles. The molecule has 6 rings (SSSR count). The van der Waals surface area contributed by atoms with E-state index in [-0.39, 0.29) is 35.6 Å². The maximum absolute atomic E-state index is 14.3. The predicted molar refractivity (Wildman–Crippen MR) is 183 cm³/mol. The molecule has 274 valence electrons. The van der Waals surface area contributed by atoms with E-state index in [0.29, 0.717) is 47.9 Å². The molecular formula is C35H48F2N6O6S. The summed E-state index contributed by atoms with van der Waals surface area (Å²) >= 11 is 1.46. The first-order valence-electron chi connectivity index (χ1n) is 17.3. The lowest BCUT2D eigenvalue weighted by atomic mass is 10.1. The normalized spacial score (nSPS) is 26.0. The molecule has 0 spiro atoms. The maximum Gasteiger partial charge on any atom is 0.416 e. The van der Waals surface area contributed by atoms with Crippen molar-refractivity contribution in [2.75, 3.05) is 23.9 Å². The molecule has 0 unspecified atom stereocenters. The molecule has 2 aliphatic carbocycles. The van der Waals surface area contributed by atoms with Gasteiger partial charge in [-0.3, -0.25) is 4.90 Å². The molecule has 2 saturated carbocycles. The Hall–Kier alpha value is -2.98. The summed E-state index contributed by atoms with van der Waals surface area (Å²) in [6.45, 7) is 18.0. The number of halogens is 2. The van der Waals surface area contributed by atoms with Crippen LogP contribution in [0.15, 0.2) is 23.4 Å². The Labute approximate surface area is 295 Å². The van der Waals surface area contributed by atoms with E-state index in [4.69, 9.17) is 33.7 Å². The molecule has 0 N–H and O–H groups in total. The zero-order chi connectivity index (χ0) is 36.2. The third kappa shape index (κ3) is 8.06. The molecular weight excluding hydrogens is 670 g/mol. The fraction of sp³-hybridized carbons (Fsp3) is 0.686. The molecule has 1 aliphatic heterocycles. The van der Waals surface area contributed by atoms with Crippen molar-refractivity contribution in [3.05, 3.63) is 35.4 Å². The van der Waals surface area contributed by atoms with Crippen molar-refractivity contribution in [3.8, 4) is 0 Å². The Balaban J connectivity index is 1.38. The summed E-state index contributed by atoms with van der Waals surface area (Å²) in [7, 11) is 0. The Kier molecular flexibility index (Phi) is 10.2. The Bertz CT molecular complexity index is 1710. The summed E-state index contributed by atoms with van der Waals surface area (Å²) in [4.78, 5) is 25.3. The number of nitrogens with zero attached hydrogens (tertiary/aromatic N) is 6. The van der Waals surface area contributed by atoms with Crippen molar-refractivity contribution >= 4 is 34.8 Å². The Morgan fingerprint density at radius 1 is 1.04 bits per heavy atom. The summed E-state index contributed by atoms with van der Waals surface area (Å²) in [5.41, 5.74) is 0.219. The molecule has 1 saturated heterocycles. The molecule has 6 atom stereocenters. The van der Waals surface area contributed by atoms with Crippen LogP contribution in [0.1, 0.15) is 99.1 Å². The zero-order valence-electron chi connectivity index (χ0n) is 30.2. The van der Waals surface area contributed by atoms with E-state index in [0.717, 1.165) is 18.2 Å². The average molecular weight is 719 g/mol. The van der Waals surface area contributed by atoms with Crippen LogP contribution in [0.2, 0.25) is 0 Å². The van der Waals surface area contributed by atoms with Gasteiger partial charge in [-0.1, -0.05) is 30.0 Å². The number of anilines is 1. The van der Waals surface area contributed by atoms with Gasteiger partial charge < -0.3 is 23.7 Å². The lowest BCUT2D eigenvalue weighted by Gasteiger charge is -2.27. The number of benzene rings is 1. The summed E-state index contributed by atoms with van der Waals surface area (Å²) in [6, 6.07) is 3.03. The van der Waals surface area contributed by atoms with Gasteiger partial charge in [0.15, 0.2) is 39.6 Å². The summed E-state index contributed by atoms with van der Waals surface area (Å²) < 4.78 is 60.7. The molecule has 0 bridgehead atoms. The van der Waals surface area contributed by atoms with Crippen LogP contribution in [0, 0.1) is 11.6 Å². The molecule has 50 heavy (non-hydrogen) atoms. The van der Waals surface area contributed by atoms with Crippen LogP contribution < -0.4 is 4.90 Å². The van der Waals surface area contributed by atoms with E-state index in [2.05, 4.69) is 17.2 Å². The molecule has 3 fully saturated rings. The number of ether oxygens (including phenoxy) is 5. The number of hydrogen-bond donors (Lipinski definition) is 0. The summed E-state index contributed by atoms with van der Waals surface area (Å²) in [5, 5.41) is 9.60. The third-order valence-corrected chi connectivity index (χ3v) is 9.70. The van der Waals surface area contributed by atoms with E-state index >= 15 is 0 Å². The minimum absolute atomic E-state index is 0.245. The van der Waals surface area contributed by atoms with Gasteiger partial charge in [0.05, 0.1) is 31.0 Å². The number of carbonyl (C=O) groups is 1. The van der Waals surface area contributed by atoms with Crippen molar-refractivity contribution in [2.24, 2.45) is 0 Å². The largest absolute Gasteiger partial charge is 0.443 e. The van der Waals surface area contributed by atoms with E-state index in [1.807, 2.05) is 34.6 Å². The van der Waals surface area contributed by atoms with Gasteiger partial charge in [-0.2, -0.15) is 0 Å². The highest BCUT2D eigenvalue weighted by Gasteiger charge is 2.56. The SMILES string of the molecule is CCCSc1nc(N(C(=O)OC(C)(C)C)[C@@H]2C[C@H]2c2ccc(F)c(F)c2)c2nnn([C@@H]3C[C@H](OCCOC(C)(C)C)[C@H]4OC(C)(C)O[C@H]43)c2n1. The van der Waals surface area contributed by atoms with Gasteiger partial charge in [0.1, 0.15) is 17.8 Å². The first kappa shape index (κ1) is 36.8. The number of hydrogen-bond acceptors (Lipinski definition) is 11. The van der Waals surface area contributed by atoms with Crippen molar-refractivity contribution in [1.82, 2.24) is 25.0 Å². The lowest BCUT2D eigenvalue weighted by Crippen LogP contribution is -2.39. The molecule has 12 nitrogen and oxygen atoms in total. The monoisotopic (exact) mass is 718 g/mol. The van der Waals surface area contributed by atoms with Crippen LogP contribution in [0.4, 0.5) is 19.4 Å². The fourth-order valence-corrected chi connectivity index (χ4v) is 7.25. The van der Waals surface area contributed by atoms with Gasteiger partial charge in [-0.15, -0.1) is 5.10 Å². The number of thioether (sulfide) groups is 1. The highest BCUT2D eigenvalue weighted by atomic mass is 32.2. The van der Waals surface area contributed by atoms with E-state index in [1.165, 1.54) is 22.7 Å². The molecule has 3 aliphatic rings. The summed E-state index contributed by atoms with van der Waals surface area (Å²) in [5.74, 6) is -2.00. The summed E-state index contributed by atoms with van der Waals surface area (Å²) in [6.07, 6.45) is 0.192. The third-order valence-electron chi connectivity index (χ3n) is 8.65. The number of amides is 1. The van der Waals surface area contributed by atoms with Gasteiger partial charge in [-0.25, -0.2) is 28.2 Å². The second-order valence-corrected chi connectivity index (χ2v) is 16.6. The van der Waals surface area contributed by atoms with Crippen molar-refractivity contribution in [1.29, 1.82) is 0 Å². The number of rotatable bonds is 11. The molecule has 1 aromatic carbocycles. The van der Waals surface area contributed by atoms with Crippen molar-refractivity contribution in [3.63, 3.8) is 0 Å². The van der Waals surface area contributed by atoms with Crippen LogP contribution in [0.3, 0.4) is 0 Å². The van der Waals surface area contributed by atoms with Crippen LogP contribution >= 0.6 is 11.8 Å². The van der Waals surface area contributed by atoms with Crippen LogP contribution in [0.5, 0.6) is 0 Å². The highest BCUT2D eigenvalue weighted by molar-refractivity contribution is 7.99. The van der Waals surface area contributed by atoms with Crippen molar-refractivity contribution in [2.45, 2.75) is 140 Å². The van der Waals surface area contributed by atoms with Gasteiger partial charge in [0, 0.05) is 24.1 Å². The van der Waals surface area contributed by atoms with E-state index in [9.17, 15) is 13.6 Å². The molecule has 2 aromatic heterocycles. The Morgan fingerprint density at radius 2 is 1.78 bits per heavy atom. The number of aromatic nitrogens is 5. The zero-order valence-corrected chi connectivity index (χ0v) is 31.1. The smallest absolute Gasteiger partial charge is 0.416 e. The first-order chi connectivity index (χ1) is 23.4. The predicted octanol–water partition coefficient (Wildman–Crippen LogP) is 6.96. The van der Waals surface area contributed by atoms with Crippen molar-refractivity contribution < 1.29 is 37.3 Å². The average Bonchev–Trinajstić information content (AvgIpc) is 3.39. The fourth-order valence-electron chi connectivity index (χ4n) is 6.56. The van der Waals surface area contributed by atoms with Gasteiger partial charge >= 0.3 is 6.09 Å². The van der Waals surface area contributed by atoms with Crippen LogP contribution in [0.25, 0.3) is 11.2 Å². The standard InChI is InChI=1S/C35H48F2N6O6S/c1-10-15-50-31-38-29(42(32(44)49-34(5,6)7)23-17-20(23)19-11-12-21(36)22(37)16-19)26-30(39-31)43(41-40-26)24-18-25(45-13-14-46-33(2,3)4)28-27(24)47-35(8,9)48-28/h11-12,16,20,23-25,27-28H,10,13-15,17-18H2,1-9H3/t20-,23+,24+,25-,27-,28+/m0/s1. The topological polar surface area (TPSA) is 123 Å². The van der Waals surface area contributed by atoms with Crippen LogP contribution in [-0.4, -0.2) is 91.4 Å². The molecule has 15 heteroatoms. The Morgan fingerprint density at radius 3 is 2.46 bits per heavy atom. The van der Waals surface area contributed by atoms with Crippen LogP contribution in [-0.2, 0) is 23.7 Å². The highest BCUT2D eigenvalue weighted by Crippen LogP contribution is 2.49. The minimum atomic E-state index is -0.942. The second kappa shape index (κ2) is 13.9. The van der Waals surface area contributed by atoms with Gasteiger partial charge in [0.25, 0.3) is 0 Å². The van der Waals surface area contributed by atoms with E-state index < -0.39 is 41.3 Å². The number of carbonyl (C=O) groups excluding carboxylic acids is 1. The lowest BCUT2D eigenvalue weighted by molar-refractivity contribution is -0.172.